The highest BCUT2D eigenvalue weighted by Gasteiger charge is 2.14. The maximum atomic E-state index is 4.53. The van der Waals surface area contributed by atoms with E-state index in [1.165, 1.54) is 10.6 Å². The molecule has 0 spiro atoms. The van der Waals surface area contributed by atoms with Crippen LogP contribution in [0.4, 0.5) is 5.13 Å². The zero-order valence-corrected chi connectivity index (χ0v) is 12.9. The van der Waals surface area contributed by atoms with Gasteiger partial charge in [-0.3, -0.25) is 0 Å². The van der Waals surface area contributed by atoms with E-state index in [0.29, 0.717) is 0 Å². The summed E-state index contributed by atoms with van der Waals surface area (Å²) in [5.74, 6) is 0. The second-order valence-electron chi connectivity index (χ2n) is 4.41. The largest absolute Gasteiger partial charge is 0.333 e. The lowest BCUT2D eigenvalue weighted by atomic mass is 10.4. The highest BCUT2D eigenvalue weighted by atomic mass is 32.1. The van der Waals surface area contributed by atoms with E-state index in [4.69, 9.17) is 0 Å². The van der Waals surface area contributed by atoms with E-state index in [-0.39, 0.29) is 0 Å². The van der Waals surface area contributed by atoms with Gasteiger partial charge in [0.05, 0.1) is 13.8 Å². The summed E-state index contributed by atoms with van der Waals surface area (Å²) in [6.45, 7) is 2.02. The summed E-state index contributed by atoms with van der Waals surface area (Å²) >= 11 is 1.66. The van der Waals surface area contributed by atoms with Gasteiger partial charge in [-0.2, -0.15) is 0 Å². The van der Waals surface area contributed by atoms with E-state index in [1.807, 2.05) is 6.92 Å². The van der Waals surface area contributed by atoms with E-state index >= 15 is 0 Å². The molecule has 3 rings (SSSR count). The Morgan fingerprint density at radius 2 is 1.45 bits per heavy atom. The number of rotatable bonds is 4. The Labute approximate surface area is 124 Å². The first-order valence-electron chi connectivity index (χ1n) is 6.42. The number of nitrogens with one attached hydrogen (secondary N) is 1. The van der Waals surface area contributed by atoms with E-state index in [2.05, 4.69) is 76.1 Å². The predicted molar refractivity (Wildman–Crippen MR) is 89.5 cm³/mol. The Bertz CT molecular complexity index is 628. The maximum absolute atomic E-state index is 4.53. The number of aryl methyl sites for hydroxylation is 1. The first-order valence-corrected chi connectivity index (χ1v) is 8.64. The van der Waals surface area contributed by atoms with Crippen LogP contribution in [0.1, 0.15) is 5.69 Å². The summed E-state index contributed by atoms with van der Waals surface area (Å²) in [5, 5.41) is 9.28. The summed E-state index contributed by atoms with van der Waals surface area (Å²) in [6.07, 6.45) is 0. The van der Waals surface area contributed by atoms with E-state index in [0.717, 1.165) is 10.8 Å². The molecule has 0 atom stereocenters. The van der Waals surface area contributed by atoms with Crippen molar-refractivity contribution < 1.29 is 0 Å². The quantitative estimate of drug-likeness (QED) is 0.739. The molecule has 1 heterocycles. The van der Waals surface area contributed by atoms with Gasteiger partial charge in [-0.05, 0) is 6.92 Å². The lowest BCUT2D eigenvalue weighted by Gasteiger charge is -2.19. The van der Waals surface area contributed by atoms with Gasteiger partial charge in [-0.1, -0.05) is 60.7 Å². The summed E-state index contributed by atoms with van der Waals surface area (Å²) in [7, 11) is -0.616. The highest BCUT2D eigenvalue weighted by molar-refractivity contribution is 7.74. The second kappa shape index (κ2) is 6.17. The molecule has 0 aliphatic carbocycles. The van der Waals surface area contributed by atoms with Crippen LogP contribution in [-0.4, -0.2) is 4.98 Å². The van der Waals surface area contributed by atoms with Crippen LogP contribution in [0.25, 0.3) is 0 Å². The minimum absolute atomic E-state index is 0.616. The minimum Gasteiger partial charge on any atom is -0.333 e. The van der Waals surface area contributed by atoms with Gasteiger partial charge in [0.1, 0.15) is 0 Å². The van der Waals surface area contributed by atoms with Crippen molar-refractivity contribution >= 4 is 35.1 Å². The van der Waals surface area contributed by atoms with Crippen LogP contribution in [0.2, 0.25) is 0 Å². The van der Waals surface area contributed by atoms with Crippen molar-refractivity contribution in [1.82, 2.24) is 4.98 Å². The van der Waals surface area contributed by atoms with Crippen molar-refractivity contribution in [2.75, 3.05) is 5.09 Å². The molecule has 2 nitrogen and oxygen atoms in total. The number of nitrogens with zero attached hydrogens (tertiary/aromatic N) is 1. The molecular weight excluding hydrogens is 283 g/mol. The molecule has 0 amide bonds. The van der Waals surface area contributed by atoms with Gasteiger partial charge in [-0.15, -0.1) is 11.3 Å². The normalized spacial score (nSPS) is 10.7. The Kier molecular flexibility index (Phi) is 4.10. The smallest absolute Gasteiger partial charge is 0.186 e. The number of anilines is 1. The number of thiazole rings is 1. The van der Waals surface area contributed by atoms with Gasteiger partial charge in [0, 0.05) is 16.0 Å². The van der Waals surface area contributed by atoms with Crippen molar-refractivity contribution in [1.29, 1.82) is 0 Å². The SMILES string of the molecule is Cc1csc(NP(c2ccccc2)c2ccccc2)n1. The zero-order chi connectivity index (χ0) is 13.8. The molecule has 2 aromatic carbocycles. The molecule has 4 heteroatoms. The second-order valence-corrected chi connectivity index (χ2v) is 7.20. The lowest BCUT2D eigenvalue weighted by molar-refractivity contribution is 1.27. The third-order valence-electron chi connectivity index (χ3n) is 2.86. The average molecular weight is 298 g/mol. The number of hydrogen-bond acceptors (Lipinski definition) is 3. The molecule has 0 radical (unpaired) electrons. The van der Waals surface area contributed by atoms with Crippen LogP contribution in [0.5, 0.6) is 0 Å². The maximum Gasteiger partial charge on any atom is 0.186 e. The van der Waals surface area contributed by atoms with Gasteiger partial charge in [0.15, 0.2) is 5.13 Å². The Morgan fingerprint density at radius 3 is 1.90 bits per heavy atom. The molecule has 0 aliphatic rings. The lowest BCUT2D eigenvalue weighted by Crippen LogP contribution is -2.16. The van der Waals surface area contributed by atoms with Gasteiger partial charge in [0.25, 0.3) is 0 Å². The molecular formula is C16H15N2PS. The summed E-state index contributed by atoms with van der Waals surface area (Å²) in [5.41, 5.74) is 1.06. The van der Waals surface area contributed by atoms with Crippen LogP contribution < -0.4 is 15.7 Å². The van der Waals surface area contributed by atoms with Gasteiger partial charge >= 0.3 is 0 Å². The minimum atomic E-state index is -0.616. The third kappa shape index (κ3) is 3.06. The molecule has 0 aliphatic heterocycles. The highest BCUT2D eigenvalue weighted by Crippen LogP contribution is 2.35. The first kappa shape index (κ1) is 13.3. The van der Waals surface area contributed by atoms with E-state index < -0.39 is 8.07 Å². The summed E-state index contributed by atoms with van der Waals surface area (Å²) < 4.78 is 0. The molecule has 0 unspecified atom stereocenters. The molecule has 0 saturated carbocycles. The molecule has 3 aromatic rings. The molecule has 100 valence electrons. The Morgan fingerprint density at radius 1 is 0.900 bits per heavy atom. The van der Waals surface area contributed by atoms with E-state index in [9.17, 15) is 0 Å². The molecule has 20 heavy (non-hydrogen) atoms. The third-order valence-corrected chi connectivity index (χ3v) is 5.95. The fourth-order valence-electron chi connectivity index (χ4n) is 1.93. The molecule has 1 aromatic heterocycles. The van der Waals surface area contributed by atoms with E-state index in [1.54, 1.807) is 11.3 Å². The van der Waals surface area contributed by atoms with Crippen LogP contribution >= 0.6 is 19.4 Å². The van der Waals surface area contributed by atoms with Gasteiger partial charge in [0.2, 0.25) is 0 Å². The molecule has 0 saturated heterocycles. The van der Waals surface area contributed by atoms with Crippen LogP contribution in [0.15, 0.2) is 66.0 Å². The van der Waals surface area contributed by atoms with Crippen molar-refractivity contribution in [3.8, 4) is 0 Å². The standard InChI is InChI=1S/C16H15N2PS/c1-13-12-20-16(17-13)18-19(14-8-4-2-5-9-14)15-10-6-3-7-11-15/h2-12H,1H3,(H,17,18). The van der Waals surface area contributed by atoms with Gasteiger partial charge < -0.3 is 5.09 Å². The van der Waals surface area contributed by atoms with Crippen molar-refractivity contribution in [3.63, 3.8) is 0 Å². The number of aromatic nitrogens is 1. The fourth-order valence-corrected chi connectivity index (χ4v) is 4.69. The van der Waals surface area contributed by atoms with Crippen molar-refractivity contribution in [2.45, 2.75) is 6.92 Å². The summed E-state index contributed by atoms with van der Waals surface area (Å²) in [6, 6.07) is 21.1. The zero-order valence-electron chi connectivity index (χ0n) is 11.2. The number of benzene rings is 2. The first-order chi connectivity index (χ1) is 9.83. The molecule has 1 N–H and O–H groups in total. The van der Waals surface area contributed by atoms with Crippen molar-refractivity contribution in [3.05, 3.63) is 71.7 Å². The fraction of sp³-hybridized carbons (Fsp3) is 0.0625. The monoisotopic (exact) mass is 298 g/mol. The topological polar surface area (TPSA) is 24.9 Å². The molecule has 0 fully saturated rings. The van der Waals surface area contributed by atoms with Gasteiger partial charge in [-0.25, -0.2) is 4.98 Å². The summed E-state index contributed by atoms with van der Waals surface area (Å²) in [4.78, 5) is 4.53. The van der Waals surface area contributed by atoms with Crippen molar-refractivity contribution in [2.24, 2.45) is 0 Å². The predicted octanol–water partition coefficient (Wildman–Crippen LogP) is 3.91. The molecule has 0 bridgehead atoms. The van der Waals surface area contributed by atoms with Crippen LogP contribution in [0, 0.1) is 6.92 Å². The van der Waals surface area contributed by atoms with Crippen LogP contribution in [-0.2, 0) is 0 Å². The Hall–Kier alpha value is -1.70. The average Bonchev–Trinajstić information content (AvgIpc) is 2.92. The van der Waals surface area contributed by atoms with Crippen LogP contribution in [0.3, 0.4) is 0 Å². The number of hydrogen-bond donors (Lipinski definition) is 1. The Balaban J connectivity index is 1.96.